The van der Waals surface area contributed by atoms with E-state index in [1.165, 1.54) is 6.08 Å². The molecule has 0 aliphatic rings. The molecule has 0 aliphatic carbocycles. The highest BCUT2D eigenvalue weighted by molar-refractivity contribution is 6.32. The Hall–Kier alpha value is -1.28. The molecular formula is C11H10ClFO. The summed E-state index contributed by atoms with van der Waals surface area (Å²) in [6, 6.07) is 3.18. The first-order chi connectivity index (χ1) is 6.56. The summed E-state index contributed by atoms with van der Waals surface area (Å²) in [4.78, 5) is 0. The minimum Gasteiger partial charge on any atom is -0.456 e. The van der Waals surface area contributed by atoms with Gasteiger partial charge in [0.1, 0.15) is 22.3 Å². The molecule has 1 nitrogen and oxygen atoms in total. The molecule has 0 atom stereocenters. The maximum Gasteiger partial charge on any atom is 0.149 e. The van der Waals surface area contributed by atoms with Gasteiger partial charge in [0.05, 0.1) is 0 Å². The zero-order chi connectivity index (χ0) is 10.7. The van der Waals surface area contributed by atoms with Crippen LogP contribution in [0, 0.1) is 12.7 Å². The number of allylic oxidation sites excluding steroid dienone is 1. The number of benzene rings is 1. The molecule has 1 aromatic carbocycles. The van der Waals surface area contributed by atoms with Crippen LogP contribution >= 0.6 is 11.6 Å². The zero-order valence-corrected chi connectivity index (χ0v) is 8.57. The van der Waals surface area contributed by atoms with Gasteiger partial charge in [-0.1, -0.05) is 30.8 Å². The quantitative estimate of drug-likeness (QED) is 0.546. The Balaban J connectivity index is 3.05. The molecule has 0 amide bonds. The molecule has 0 unspecified atom stereocenters. The van der Waals surface area contributed by atoms with Crippen LogP contribution in [0.5, 0.6) is 5.75 Å². The Morgan fingerprint density at radius 1 is 1.57 bits per heavy atom. The highest BCUT2D eigenvalue weighted by Crippen LogP contribution is 2.30. The third-order valence-electron chi connectivity index (χ3n) is 1.71. The van der Waals surface area contributed by atoms with Crippen molar-refractivity contribution in [3.8, 4) is 5.75 Å². The van der Waals surface area contributed by atoms with E-state index in [4.69, 9.17) is 16.3 Å². The van der Waals surface area contributed by atoms with Crippen molar-refractivity contribution in [3.05, 3.63) is 53.5 Å². The van der Waals surface area contributed by atoms with Crippen LogP contribution in [0.15, 0.2) is 37.1 Å². The normalized spacial score (nSPS) is 9.64. The van der Waals surface area contributed by atoms with E-state index in [1.807, 2.05) is 0 Å². The molecule has 0 radical (unpaired) electrons. The monoisotopic (exact) mass is 212 g/mol. The first-order valence-corrected chi connectivity index (χ1v) is 4.38. The van der Waals surface area contributed by atoms with E-state index < -0.39 is 5.82 Å². The Bertz CT molecular complexity index is 385. The molecule has 0 fully saturated rings. The van der Waals surface area contributed by atoms with Gasteiger partial charge in [0.15, 0.2) is 0 Å². The van der Waals surface area contributed by atoms with Gasteiger partial charge in [0, 0.05) is 0 Å². The lowest BCUT2D eigenvalue weighted by atomic mass is 10.2. The van der Waals surface area contributed by atoms with Crippen molar-refractivity contribution in [2.45, 2.75) is 6.92 Å². The number of hydrogen-bond donors (Lipinski definition) is 0. The number of aryl methyl sites for hydroxylation is 1. The second-order valence-electron chi connectivity index (χ2n) is 2.78. The maximum absolute atomic E-state index is 13.3. The minimum absolute atomic E-state index is 0.0343. The number of halogens is 2. The smallest absolute Gasteiger partial charge is 0.149 e. The molecule has 0 bridgehead atoms. The summed E-state index contributed by atoms with van der Waals surface area (Å²) in [5.41, 5.74) is 0.478. The largest absolute Gasteiger partial charge is 0.456 e. The SMILES string of the molecule is C=CC(=C)Oc1ccc(C)c(F)c1Cl. The second-order valence-corrected chi connectivity index (χ2v) is 3.16. The number of ether oxygens (including phenoxy) is 1. The first kappa shape index (κ1) is 10.8. The fraction of sp³-hybridized carbons (Fsp3) is 0.0909. The topological polar surface area (TPSA) is 9.23 Å². The van der Waals surface area contributed by atoms with Crippen LogP contribution in [0.2, 0.25) is 5.02 Å². The first-order valence-electron chi connectivity index (χ1n) is 4.00. The average Bonchev–Trinajstić information content (AvgIpc) is 2.19. The van der Waals surface area contributed by atoms with Crippen LogP contribution in [-0.2, 0) is 0 Å². The number of hydrogen-bond acceptors (Lipinski definition) is 1. The third-order valence-corrected chi connectivity index (χ3v) is 2.06. The van der Waals surface area contributed by atoms with Gasteiger partial charge >= 0.3 is 0 Å². The molecule has 0 N–H and O–H groups in total. The fourth-order valence-corrected chi connectivity index (χ4v) is 1.14. The van der Waals surface area contributed by atoms with Gasteiger partial charge in [-0.2, -0.15) is 0 Å². The molecule has 0 spiro atoms. The van der Waals surface area contributed by atoms with Crippen molar-refractivity contribution in [1.29, 1.82) is 0 Å². The predicted octanol–water partition coefficient (Wildman–Crippen LogP) is 3.87. The Morgan fingerprint density at radius 3 is 2.79 bits per heavy atom. The second kappa shape index (κ2) is 4.29. The summed E-state index contributed by atoms with van der Waals surface area (Å²) >= 11 is 5.72. The van der Waals surface area contributed by atoms with Crippen molar-refractivity contribution in [3.63, 3.8) is 0 Å². The van der Waals surface area contributed by atoms with Crippen LogP contribution in [0.25, 0.3) is 0 Å². The number of rotatable bonds is 3. The lowest BCUT2D eigenvalue weighted by Crippen LogP contribution is -1.93. The molecule has 0 saturated carbocycles. The molecular weight excluding hydrogens is 203 g/mol. The van der Waals surface area contributed by atoms with Gasteiger partial charge in [0.25, 0.3) is 0 Å². The summed E-state index contributed by atoms with van der Waals surface area (Å²) in [6.45, 7) is 8.64. The van der Waals surface area contributed by atoms with Crippen LogP contribution in [0.4, 0.5) is 4.39 Å². The lowest BCUT2D eigenvalue weighted by molar-refractivity contribution is 0.442. The molecule has 1 rings (SSSR count). The standard InChI is InChI=1S/C11H10ClFO/c1-4-8(3)14-9-6-5-7(2)11(13)10(9)12/h4-6H,1,3H2,2H3. The summed E-state index contributed by atoms with van der Waals surface area (Å²) in [5, 5.41) is -0.0343. The van der Waals surface area contributed by atoms with Crippen molar-refractivity contribution in [2.75, 3.05) is 0 Å². The molecule has 0 heterocycles. The van der Waals surface area contributed by atoms with E-state index in [1.54, 1.807) is 19.1 Å². The minimum atomic E-state index is -0.471. The van der Waals surface area contributed by atoms with Crippen LogP contribution in [-0.4, -0.2) is 0 Å². The van der Waals surface area contributed by atoms with Gasteiger partial charge < -0.3 is 4.74 Å². The van der Waals surface area contributed by atoms with Gasteiger partial charge in [-0.25, -0.2) is 4.39 Å². The van der Waals surface area contributed by atoms with E-state index >= 15 is 0 Å². The van der Waals surface area contributed by atoms with Crippen molar-refractivity contribution in [2.24, 2.45) is 0 Å². The average molecular weight is 213 g/mol. The van der Waals surface area contributed by atoms with E-state index in [0.717, 1.165) is 0 Å². The van der Waals surface area contributed by atoms with Gasteiger partial charge in [-0.15, -0.1) is 0 Å². The Kier molecular flexibility index (Phi) is 3.31. The van der Waals surface area contributed by atoms with E-state index in [2.05, 4.69) is 13.2 Å². The van der Waals surface area contributed by atoms with E-state index in [9.17, 15) is 4.39 Å². The summed E-state index contributed by atoms with van der Waals surface area (Å²) in [7, 11) is 0. The molecule has 3 heteroatoms. The summed E-state index contributed by atoms with van der Waals surface area (Å²) in [6.07, 6.45) is 1.42. The van der Waals surface area contributed by atoms with Crippen molar-refractivity contribution < 1.29 is 9.13 Å². The van der Waals surface area contributed by atoms with Gasteiger partial charge in [-0.05, 0) is 24.6 Å². The van der Waals surface area contributed by atoms with E-state index in [0.29, 0.717) is 11.3 Å². The zero-order valence-electron chi connectivity index (χ0n) is 7.81. The maximum atomic E-state index is 13.3. The fourth-order valence-electron chi connectivity index (χ4n) is 0.890. The summed E-state index contributed by atoms with van der Waals surface area (Å²) in [5.74, 6) is 0.107. The van der Waals surface area contributed by atoms with Crippen LogP contribution < -0.4 is 4.74 Å². The molecule has 0 saturated heterocycles. The molecule has 74 valence electrons. The highest BCUT2D eigenvalue weighted by Gasteiger charge is 2.10. The molecule has 0 aliphatic heterocycles. The predicted molar refractivity (Wildman–Crippen MR) is 56.1 cm³/mol. The third kappa shape index (κ3) is 2.15. The summed E-state index contributed by atoms with van der Waals surface area (Å²) < 4.78 is 18.4. The molecule has 14 heavy (non-hydrogen) atoms. The van der Waals surface area contributed by atoms with Gasteiger partial charge in [0.2, 0.25) is 0 Å². The van der Waals surface area contributed by atoms with Gasteiger partial charge in [-0.3, -0.25) is 0 Å². The lowest BCUT2D eigenvalue weighted by Gasteiger charge is -2.08. The molecule has 0 aromatic heterocycles. The highest BCUT2D eigenvalue weighted by atomic mass is 35.5. The Labute approximate surface area is 87.5 Å². The van der Waals surface area contributed by atoms with Crippen molar-refractivity contribution in [1.82, 2.24) is 0 Å². The van der Waals surface area contributed by atoms with E-state index in [-0.39, 0.29) is 10.8 Å². The molecule has 1 aromatic rings. The van der Waals surface area contributed by atoms with Crippen molar-refractivity contribution >= 4 is 11.6 Å². The Morgan fingerprint density at radius 2 is 2.21 bits per heavy atom. The van der Waals surface area contributed by atoms with Crippen LogP contribution in [0.3, 0.4) is 0 Å². The van der Waals surface area contributed by atoms with Crippen LogP contribution in [0.1, 0.15) is 5.56 Å².